The molecule has 0 unspecified atom stereocenters. The van der Waals surface area contributed by atoms with Gasteiger partial charge in [0.25, 0.3) is 5.91 Å². The van der Waals surface area contributed by atoms with E-state index in [1.807, 2.05) is 43.3 Å². The molecule has 0 spiro atoms. The van der Waals surface area contributed by atoms with Crippen molar-refractivity contribution in [2.24, 2.45) is 0 Å². The average Bonchev–Trinajstić information content (AvgIpc) is 3.26. The van der Waals surface area contributed by atoms with E-state index >= 15 is 0 Å². The summed E-state index contributed by atoms with van der Waals surface area (Å²) in [6.45, 7) is 7.38. The number of benzene rings is 1. The van der Waals surface area contributed by atoms with E-state index in [4.69, 9.17) is 9.40 Å². The monoisotopic (exact) mass is 403 g/mol. The first-order chi connectivity index (χ1) is 14.6. The summed E-state index contributed by atoms with van der Waals surface area (Å²) in [5.74, 6) is 1.26. The summed E-state index contributed by atoms with van der Waals surface area (Å²) in [4.78, 5) is 20.2. The van der Waals surface area contributed by atoms with E-state index in [-0.39, 0.29) is 5.91 Å². The fraction of sp³-hybridized carbons (Fsp3) is 0.360. The summed E-state index contributed by atoms with van der Waals surface area (Å²) in [5.41, 5.74) is 4.93. The van der Waals surface area contributed by atoms with Gasteiger partial charge in [-0.05, 0) is 75.2 Å². The Labute approximate surface area is 178 Å². The molecule has 4 rings (SSSR count). The number of piperidine rings is 1. The van der Waals surface area contributed by atoms with E-state index in [0.717, 1.165) is 55.2 Å². The highest BCUT2D eigenvalue weighted by atomic mass is 16.3. The molecule has 0 aliphatic carbocycles. The molecule has 156 valence electrons. The molecule has 3 heterocycles. The number of pyridine rings is 1. The Balaban J connectivity index is 1.43. The highest BCUT2D eigenvalue weighted by Gasteiger charge is 2.26. The van der Waals surface area contributed by atoms with Crippen LogP contribution in [0, 0.1) is 13.8 Å². The van der Waals surface area contributed by atoms with Crippen LogP contribution >= 0.6 is 0 Å². The van der Waals surface area contributed by atoms with Crippen LogP contribution in [0.3, 0.4) is 0 Å². The second-order valence-corrected chi connectivity index (χ2v) is 8.12. The van der Waals surface area contributed by atoms with Gasteiger partial charge in [0.1, 0.15) is 5.76 Å². The Hall–Kier alpha value is -2.92. The summed E-state index contributed by atoms with van der Waals surface area (Å²) in [6, 6.07) is 15.9. The van der Waals surface area contributed by atoms with Gasteiger partial charge >= 0.3 is 0 Å². The quantitative estimate of drug-likeness (QED) is 0.653. The number of nitrogens with zero attached hydrogens (tertiary/aromatic N) is 2. The molecule has 5 nitrogen and oxygen atoms in total. The molecular formula is C25H29N3O2. The minimum Gasteiger partial charge on any atom is -0.468 e. The first-order valence-electron chi connectivity index (χ1n) is 10.6. The zero-order valence-corrected chi connectivity index (χ0v) is 17.7. The van der Waals surface area contributed by atoms with Gasteiger partial charge in [-0.1, -0.05) is 24.3 Å². The third kappa shape index (κ3) is 4.79. The van der Waals surface area contributed by atoms with Gasteiger partial charge < -0.3 is 9.73 Å². The summed E-state index contributed by atoms with van der Waals surface area (Å²) in [6.07, 6.45) is 3.71. The fourth-order valence-corrected chi connectivity index (χ4v) is 4.15. The van der Waals surface area contributed by atoms with Crippen molar-refractivity contribution in [1.82, 2.24) is 15.2 Å². The topological polar surface area (TPSA) is 58.4 Å². The Morgan fingerprint density at radius 3 is 2.63 bits per heavy atom. The normalized spacial score (nSPS) is 15.3. The lowest BCUT2D eigenvalue weighted by molar-refractivity contribution is 0.0947. The van der Waals surface area contributed by atoms with Crippen LogP contribution in [0.1, 0.15) is 57.4 Å². The van der Waals surface area contributed by atoms with Crippen molar-refractivity contribution in [3.63, 3.8) is 0 Å². The number of rotatable bonds is 6. The van der Waals surface area contributed by atoms with Crippen LogP contribution in [-0.2, 0) is 13.1 Å². The number of carbonyl (C=O) groups excluding carboxylic acids is 1. The zero-order valence-electron chi connectivity index (χ0n) is 17.7. The number of nitrogens with one attached hydrogen (secondary N) is 1. The molecule has 1 N–H and O–H groups in total. The smallest absolute Gasteiger partial charge is 0.253 e. The van der Waals surface area contributed by atoms with Gasteiger partial charge in [0.2, 0.25) is 0 Å². The van der Waals surface area contributed by atoms with E-state index in [2.05, 4.69) is 29.3 Å². The maximum Gasteiger partial charge on any atom is 0.253 e. The predicted octanol–water partition coefficient (Wildman–Crippen LogP) is 4.60. The maximum atomic E-state index is 13.0. The second kappa shape index (κ2) is 9.26. The van der Waals surface area contributed by atoms with Crippen molar-refractivity contribution in [3.8, 4) is 0 Å². The second-order valence-electron chi connectivity index (χ2n) is 8.12. The van der Waals surface area contributed by atoms with Gasteiger partial charge in [0.05, 0.1) is 24.1 Å². The lowest BCUT2D eigenvalue weighted by Gasteiger charge is -2.31. The van der Waals surface area contributed by atoms with Crippen LogP contribution in [0.5, 0.6) is 0 Å². The lowest BCUT2D eigenvalue weighted by atomic mass is 9.89. The van der Waals surface area contributed by atoms with Gasteiger partial charge in [-0.3, -0.25) is 14.7 Å². The number of carbonyl (C=O) groups is 1. The molecule has 0 saturated carbocycles. The summed E-state index contributed by atoms with van der Waals surface area (Å²) in [7, 11) is 0. The number of amides is 1. The molecule has 1 amide bonds. The van der Waals surface area contributed by atoms with E-state index in [9.17, 15) is 4.79 Å². The van der Waals surface area contributed by atoms with E-state index in [0.29, 0.717) is 18.0 Å². The molecule has 1 aliphatic rings. The SMILES string of the molecule is Cc1ccc(C(=O)NCc2ccccc2C)c(C2CCN(Cc3ccco3)CC2)n1. The first-order valence-corrected chi connectivity index (χ1v) is 10.6. The number of aromatic nitrogens is 1. The van der Waals surface area contributed by atoms with Crippen LogP contribution in [0.2, 0.25) is 0 Å². The number of hydrogen-bond acceptors (Lipinski definition) is 4. The van der Waals surface area contributed by atoms with Crippen molar-refractivity contribution in [2.45, 2.75) is 45.7 Å². The van der Waals surface area contributed by atoms with Crippen molar-refractivity contribution in [1.29, 1.82) is 0 Å². The third-order valence-corrected chi connectivity index (χ3v) is 5.94. The fourth-order valence-electron chi connectivity index (χ4n) is 4.15. The largest absolute Gasteiger partial charge is 0.468 e. The molecule has 3 aromatic rings. The zero-order chi connectivity index (χ0) is 20.9. The molecule has 1 fully saturated rings. The molecule has 0 radical (unpaired) electrons. The van der Waals surface area contributed by atoms with Crippen LogP contribution in [0.25, 0.3) is 0 Å². The van der Waals surface area contributed by atoms with Crippen LogP contribution in [0.4, 0.5) is 0 Å². The Morgan fingerprint density at radius 2 is 1.90 bits per heavy atom. The van der Waals surface area contributed by atoms with Crippen molar-refractivity contribution in [2.75, 3.05) is 13.1 Å². The number of hydrogen-bond donors (Lipinski definition) is 1. The molecule has 1 saturated heterocycles. The molecule has 2 aromatic heterocycles. The lowest BCUT2D eigenvalue weighted by Crippen LogP contribution is -2.34. The summed E-state index contributed by atoms with van der Waals surface area (Å²) in [5, 5.41) is 3.09. The Kier molecular flexibility index (Phi) is 6.29. The van der Waals surface area contributed by atoms with Gasteiger partial charge in [0.15, 0.2) is 0 Å². The number of furan rings is 1. The first kappa shape index (κ1) is 20.4. The molecule has 1 aliphatic heterocycles. The predicted molar refractivity (Wildman–Crippen MR) is 117 cm³/mol. The number of likely N-dealkylation sites (tertiary alicyclic amines) is 1. The van der Waals surface area contributed by atoms with Crippen LogP contribution in [0.15, 0.2) is 59.2 Å². The van der Waals surface area contributed by atoms with Gasteiger partial charge in [-0.25, -0.2) is 0 Å². The molecule has 30 heavy (non-hydrogen) atoms. The average molecular weight is 404 g/mol. The summed E-state index contributed by atoms with van der Waals surface area (Å²) < 4.78 is 5.48. The molecular weight excluding hydrogens is 374 g/mol. The minimum atomic E-state index is -0.0428. The van der Waals surface area contributed by atoms with E-state index < -0.39 is 0 Å². The molecule has 1 aromatic carbocycles. The molecule has 0 bridgehead atoms. The van der Waals surface area contributed by atoms with Crippen LogP contribution < -0.4 is 5.32 Å². The highest BCUT2D eigenvalue weighted by molar-refractivity contribution is 5.95. The van der Waals surface area contributed by atoms with Crippen molar-refractivity contribution < 1.29 is 9.21 Å². The Bertz CT molecular complexity index is 989. The van der Waals surface area contributed by atoms with Gasteiger partial charge in [0, 0.05) is 18.2 Å². The van der Waals surface area contributed by atoms with E-state index in [1.165, 1.54) is 5.56 Å². The van der Waals surface area contributed by atoms with E-state index in [1.54, 1.807) is 6.26 Å². The minimum absolute atomic E-state index is 0.0428. The van der Waals surface area contributed by atoms with Gasteiger partial charge in [-0.2, -0.15) is 0 Å². The maximum absolute atomic E-state index is 13.0. The third-order valence-electron chi connectivity index (χ3n) is 5.94. The van der Waals surface area contributed by atoms with Crippen molar-refractivity contribution >= 4 is 5.91 Å². The molecule has 5 heteroatoms. The van der Waals surface area contributed by atoms with Gasteiger partial charge in [-0.15, -0.1) is 0 Å². The van der Waals surface area contributed by atoms with Crippen molar-refractivity contribution in [3.05, 3.63) is 88.6 Å². The standard InChI is InChI=1S/C25H29N3O2/c1-18-6-3-4-7-21(18)16-26-25(29)23-10-9-19(2)27-24(23)20-11-13-28(14-12-20)17-22-8-5-15-30-22/h3-10,15,20H,11-14,16-17H2,1-2H3,(H,26,29). The Morgan fingerprint density at radius 1 is 1.10 bits per heavy atom. The summed E-state index contributed by atoms with van der Waals surface area (Å²) >= 11 is 0. The molecule has 0 atom stereocenters. The van der Waals surface area contributed by atoms with Crippen LogP contribution in [-0.4, -0.2) is 28.9 Å². The number of aryl methyl sites for hydroxylation is 2. The highest BCUT2D eigenvalue weighted by Crippen LogP contribution is 2.30.